The molecule has 0 fully saturated rings. The molecule has 0 spiro atoms. The normalized spacial score (nSPS) is 11.6. The minimum absolute atomic E-state index is 0.155. The van der Waals surface area contributed by atoms with E-state index < -0.39 is 11.9 Å². The maximum Gasteiger partial charge on any atom is 0.262 e. The fourth-order valence-electron chi connectivity index (χ4n) is 3.76. The molecular weight excluding hydrogens is 596 g/mol. The number of nitrogens with zero attached hydrogens (tertiary/aromatic N) is 2. The van der Waals surface area contributed by atoms with Crippen LogP contribution in [-0.2, 0) is 11.4 Å². The summed E-state index contributed by atoms with van der Waals surface area (Å²) in [6.07, 6.45) is 1.91. The average molecular weight is 626 g/mol. The maximum atomic E-state index is 12.9. The van der Waals surface area contributed by atoms with Crippen molar-refractivity contribution >= 4 is 45.6 Å². The van der Waals surface area contributed by atoms with E-state index in [1.54, 1.807) is 48.5 Å². The first-order valence-corrected chi connectivity index (χ1v) is 13.8. The van der Waals surface area contributed by atoms with E-state index in [2.05, 4.69) is 37.8 Å². The first kappa shape index (κ1) is 30.7. The van der Waals surface area contributed by atoms with Gasteiger partial charge in [-0.2, -0.15) is 10.4 Å². The zero-order valence-electron chi connectivity index (χ0n) is 22.4. The third-order valence-electron chi connectivity index (χ3n) is 5.67. The molecular formula is C30H30BrClN4O4. The SMILES string of the molecule is CCOc1cc(C=NNC(=O)C(CC(C)C)NC(=O)c2ccc(Cl)cc2)cc(Br)c1OCc1ccccc1C#N. The van der Waals surface area contributed by atoms with Crippen LogP contribution in [0.1, 0.15) is 54.2 Å². The Balaban J connectivity index is 1.71. The molecule has 0 aliphatic heterocycles. The van der Waals surface area contributed by atoms with E-state index in [0.29, 0.717) is 50.7 Å². The number of hydrogen-bond acceptors (Lipinski definition) is 6. The highest BCUT2D eigenvalue weighted by atomic mass is 79.9. The van der Waals surface area contributed by atoms with E-state index in [1.807, 2.05) is 32.9 Å². The van der Waals surface area contributed by atoms with Crippen LogP contribution in [0.4, 0.5) is 0 Å². The quantitative estimate of drug-likeness (QED) is 0.183. The molecule has 3 aromatic rings. The van der Waals surface area contributed by atoms with E-state index in [1.165, 1.54) is 6.21 Å². The summed E-state index contributed by atoms with van der Waals surface area (Å²) >= 11 is 9.43. The lowest BCUT2D eigenvalue weighted by atomic mass is 10.0. The van der Waals surface area contributed by atoms with Gasteiger partial charge in [0.1, 0.15) is 12.6 Å². The van der Waals surface area contributed by atoms with Crippen molar-refractivity contribution < 1.29 is 19.1 Å². The topological polar surface area (TPSA) is 113 Å². The lowest BCUT2D eigenvalue weighted by Gasteiger charge is -2.19. The van der Waals surface area contributed by atoms with Crippen LogP contribution in [0.5, 0.6) is 11.5 Å². The Kier molecular flexibility index (Phi) is 11.5. The van der Waals surface area contributed by atoms with Crippen molar-refractivity contribution in [3.63, 3.8) is 0 Å². The Morgan fingerprint density at radius 2 is 1.85 bits per heavy atom. The lowest BCUT2D eigenvalue weighted by Crippen LogP contribution is -2.46. The van der Waals surface area contributed by atoms with Gasteiger partial charge in [-0.1, -0.05) is 43.6 Å². The van der Waals surface area contributed by atoms with E-state index in [4.69, 9.17) is 21.1 Å². The lowest BCUT2D eigenvalue weighted by molar-refractivity contribution is -0.123. The molecule has 0 aromatic heterocycles. The Labute approximate surface area is 247 Å². The molecule has 0 radical (unpaired) electrons. The smallest absolute Gasteiger partial charge is 0.262 e. The summed E-state index contributed by atoms with van der Waals surface area (Å²) in [6, 6.07) is 18.6. The average Bonchev–Trinajstić information content (AvgIpc) is 2.92. The highest BCUT2D eigenvalue weighted by Crippen LogP contribution is 2.37. The Bertz CT molecular complexity index is 1400. The van der Waals surface area contributed by atoms with Gasteiger partial charge in [-0.3, -0.25) is 9.59 Å². The Morgan fingerprint density at radius 3 is 2.52 bits per heavy atom. The van der Waals surface area contributed by atoms with Gasteiger partial charge >= 0.3 is 0 Å². The van der Waals surface area contributed by atoms with Crippen LogP contribution < -0.4 is 20.2 Å². The zero-order valence-corrected chi connectivity index (χ0v) is 24.8. The van der Waals surface area contributed by atoms with Crippen LogP contribution in [0.2, 0.25) is 5.02 Å². The summed E-state index contributed by atoms with van der Waals surface area (Å²) in [7, 11) is 0. The summed E-state index contributed by atoms with van der Waals surface area (Å²) < 4.78 is 12.4. The number of nitrogens with one attached hydrogen (secondary N) is 2. The van der Waals surface area contributed by atoms with Gasteiger partial charge in [-0.15, -0.1) is 0 Å². The van der Waals surface area contributed by atoms with Crippen LogP contribution in [0.15, 0.2) is 70.2 Å². The second-order valence-corrected chi connectivity index (χ2v) is 10.5. The molecule has 10 heteroatoms. The van der Waals surface area contributed by atoms with Crippen LogP contribution in [0, 0.1) is 17.2 Å². The number of nitriles is 1. The van der Waals surface area contributed by atoms with Gasteiger partial charge in [0.2, 0.25) is 0 Å². The minimum atomic E-state index is -0.780. The number of benzene rings is 3. The van der Waals surface area contributed by atoms with Crippen LogP contribution >= 0.6 is 27.5 Å². The molecule has 2 amide bonds. The van der Waals surface area contributed by atoms with Gasteiger partial charge < -0.3 is 14.8 Å². The van der Waals surface area contributed by atoms with E-state index in [0.717, 1.165) is 5.56 Å². The summed E-state index contributed by atoms with van der Waals surface area (Å²) in [4.78, 5) is 25.6. The number of ether oxygens (including phenoxy) is 2. The zero-order chi connectivity index (χ0) is 29.1. The largest absolute Gasteiger partial charge is 0.490 e. The van der Waals surface area contributed by atoms with Crippen LogP contribution in [-0.4, -0.2) is 30.7 Å². The van der Waals surface area contributed by atoms with Crippen molar-refractivity contribution in [1.82, 2.24) is 10.7 Å². The second-order valence-electron chi connectivity index (χ2n) is 9.22. The number of carbonyl (C=O) groups is 2. The summed E-state index contributed by atoms with van der Waals surface area (Å²) in [5.74, 6) is 0.305. The number of carbonyl (C=O) groups excluding carboxylic acids is 2. The van der Waals surface area contributed by atoms with Crippen molar-refractivity contribution in [3.8, 4) is 17.6 Å². The molecule has 0 bridgehead atoms. The van der Waals surface area contributed by atoms with Gasteiger partial charge in [0.25, 0.3) is 11.8 Å². The first-order valence-electron chi connectivity index (χ1n) is 12.7. The first-order chi connectivity index (χ1) is 19.2. The van der Waals surface area contributed by atoms with Crippen molar-refractivity contribution in [1.29, 1.82) is 5.26 Å². The Hall–Kier alpha value is -3.87. The molecule has 8 nitrogen and oxygen atoms in total. The fourth-order valence-corrected chi connectivity index (χ4v) is 4.46. The maximum absolute atomic E-state index is 12.9. The van der Waals surface area contributed by atoms with E-state index in [-0.39, 0.29) is 18.4 Å². The molecule has 40 heavy (non-hydrogen) atoms. The molecule has 1 unspecified atom stereocenters. The molecule has 208 valence electrons. The van der Waals surface area contributed by atoms with Gasteiger partial charge in [-0.05, 0) is 83.2 Å². The van der Waals surface area contributed by atoms with Crippen molar-refractivity contribution in [2.45, 2.75) is 39.8 Å². The van der Waals surface area contributed by atoms with Gasteiger partial charge in [-0.25, -0.2) is 5.43 Å². The molecule has 2 N–H and O–H groups in total. The molecule has 0 aliphatic rings. The third kappa shape index (κ3) is 8.83. The molecule has 0 saturated carbocycles. The minimum Gasteiger partial charge on any atom is -0.490 e. The number of hydrazone groups is 1. The van der Waals surface area contributed by atoms with Crippen LogP contribution in [0.25, 0.3) is 0 Å². The predicted octanol–water partition coefficient (Wildman–Crippen LogP) is 6.25. The molecule has 0 saturated heterocycles. The second kappa shape index (κ2) is 15.1. The van der Waals surface area contributed by atoms with Crippen molar-refractivity contribution in [3.05, 3.63) is 92.4 Å². The molecule has 0 aliphatic carbocycles. The summed E-state index contributed by atoms with van der Waals surface area (Å²) in [5.41, 5.74) is 4.87. The van der Waals surface area contributed by atoms with Crippen molar-refractivity contribution in [2.24, 2.45) is 11.0 Å². The molecule has 3 rings (SSSR count). The highest BCUT2D eigenvalue weighted by Gasteiger charge is 2.22. The third-order valence-corrected chi connectivity index (χ3v) is 6.51. The highest BCUT2D eigenvalue weighted by molar-refractivity contribution is 9.10. The van der Waals surface area contributed by atoms with Crippen molar-refractivity contribution in [2.75, 3.05) is 6.61 Å². The number of halogens is 2. The Morgan fingerprint density at radius 1 is 1.12 bits per heavy atom. The molecule has 3 aromatic carbocycles. The standard InChI is InChI=1S/C30H30BrClN4O4/c1-4-39-27-15-20(14-25(31)28(27)40-18-23-8-6-5-7-22(23)16-33)17-34-36-30(38)26(13-19(2)3)35-29(37)21-9-11-24(32)12-10-21/h5-12,14-15,17,19,26H,4,13,18H2,1-3H3,(H,35,37)(H,36,38). The fraction of sp³-hybridized carbons (Fsp3) is 0.267. The van der Waals surface area contributed by atoms with E-state index in [9.17, 15) is 14.9 Å². The van der Waals surface area contributed by atoms with Gasteiger partial charge in [0.05, 0.1) is 28.9 Å². The summed E-state index contributed by atoms with van der Waals surface area (Å²) in [6.45, 7) is 6.38. The molecule has 0 heterocycles. The van der Waals surface area contributed by atoms with E-state index >= 15 is 0 Å². The number of rotatable bonds is 12. The summed E-state index contributed by atoms with van der Waals surface area (Å²) in [5, 5.41) is 16.7. The monoisotopic (exact) mass is 624 g/mol. The molecule has 1 atom stereocenters. The van der Waals surface area contributed by atoms with Gasteiger partial charge in [0.15, 0.2) is 11.5 Å². The van der Waals surface area contributed by atoms with Crippen LogP contribution in [0.3, 0.4) is 0 Å². The van der Waals surface area contributed by atoms with Gasteiger partial charge in [0, 0.05) is 16.1 Å². The predicted molar refractivity (Wildman–Crippen MR) is 159 cm³/mol. The number of amides is 2. The number of hydrogen-bond donors (Lipinski definition) is 2.